The molecule has 0 aliphatic rings. The van der Waals surface area contributed by atoms with Crippen molar-refractivity contribution in [1.82, 2.24) is 4.90 Å². The molecule has 1 aromatic carbocycles. The van der Waals surface area contributed by atoms with Crippen LogP contribution in [0.2, 0.25) is 0 Å². The molecule has 0 atom stereocenters. The van der Waals surface area contributed by atoms with Crippen molar-refractivity contribution in [2.75, 3.05) is 43.9 Å². The van der Waals surface area contributed by atoms with Crippen molar-refractivity contribution in [3.8, 4) is 0 Å². The summed E-state index contributed by atoms with van der Waals surface area (Å²) in [5.74, 6) is 0.0255. The summed E-state index contributed by atoms with van der Waals surface area (Å²) in [6.45, 7) is 10.7. The lowest BCUT2D eigenvalue weighted by Gasteiger charge is -2.22. The second-order valence-corrected chi connectivity index (χ2v) is 17.6. The summed E-state index contributed by atoms with van der Waals surface area (Å²) in [7, 11) is 1.69. The van der Waals surface area contributed by atoms with Crippen LogP contribution in [0.5, 0.6) is 0 Å². The number of rotatable bonds is 45. The van der Waals surface area contributed by atoms with Gasteiger partial charge in [-0.05, 0) is 77.4 Å². The highest BCUT2D eigenvalue weighted by Gasteiger charge is 2.19. The number of hydrogen-bond acceptors (Lipinski definition) is 8. The average molecular weight is 848 g/mol. The van der Waals surface area contributed by atoms with E-state index in [1.807, 2.05) is 0 Å². The molecule has 0 aliphatic carbocycles. The van der Waals surface area contributed by atoms with Crippen LogP contribution in [0.4, 0.5) is 11.4 Å². The Morgan fingerprint density at radius 1 is 0.533 bits per heavy atom. The van der Waals surface area contributed by atoms with Crippen molar-refractivity contribution in [3.05, 3.63) is 20.4 Å². The predicted molar refractivity (Wildman–Crippen MR) is 258 cm³/mol. The summed E-state index contributed by atoms with van der Waals surface area (Å²) in [5.41, 5.74) is 0.0704. The lowest BCUT2D eigenvalue weighted by Crippen LogP contribution is -2.37. The third kappa shape index (κ3) is 34.2. The Morgan fingerprint density at radius 3 is 1.27 bits per heavy atom. The van der Waals surface area contributed by atoms with Gasteiger partial charge in [0, 0.05) is 20.0 Å². The monoisotopic (exact) mass is 848 g/mol. The van der Waals surface area contributed by atoms with E-state index in [2.05, 4.69) is 36.3 Å². The number of carbonyl (C=O) groups is 2. The number of esters is 1. The van der Waals surface area contributed by atoms with E-state index in [0.29, 0.717) is 24.3 Å². The molecule has 0 unspecified atom stereocenters. The van der Waals surface area contributed by atoms with Gasteiger partial charge in [-0.25, -0.2) is 0 Å². The summed E-state index contributed by atoms with van der Waals surface area (Å²) in [5, 5.41) is 12.9. The molecule has 60 heavy (non-hydrogen) atoms. The van der Waals surface area contributed by atoms with Crippen molar-refractivity contribution < 1.29 is 19.4 Å². The molecule has 352 valence electrons. The molecule has 0 heterocycles. The lowest BCUT2D eigenvalue weighted by atomic mass is 10.0. The minimum atomic E-state index is -0.412. The SMILES string of the molecule is CCCCCCCCCCCCCCCCN(CCCCCCCC(=O)OC(CCCCCCCC)CCCCCCCC)CCCCNc1c(NC)c(=O)c1=O.O=CO. The van der Waals surface area contributed by atoms with Crippen LogP contribution in [-0.2, 0) is 14.3 Å². The molecular formula is C51H97N3O6. The Hall–Kier alpha value is -2.42. The maximum Gasteiger partial charge on any atom is 0.306 e. The summed E-state index contributed by atoms with van der Waals surface area (Å²) < 4.78 is 6.08. The molecule has 0 fully saturated rings. The Bertz CT molecular complexity index is 1140. The van der Waals surface area contributed by atoms with Gasteiger partial charge in [0.25, 0.3) is 17.3 Å². The number of hydrogen-bond donors (Lipinski definition) is 3. The molecular weight excluding hydrogens is 751 g/mol. The summed E-state index contributed by atoms with van der Waals surface area (Å²) in [6, 6.07) is 0. The molecule has 0 amide bonds. The zero-order chi connectivity index (χ0) is 44.2. The van der Waals surface area contributed by atoms with Crippen molar-refractivity contribution in [1.29, 1.82) is 0 Å². The molecule has 0 saturated carbocycles. The molecule has 9 heteroatoms. The Kier molecular flexibility index (Phi) is 42.8. The number of carbonyl (C=O) groups excluding carboxylic acids is 1. The molecule has 1 aromatic rings. The van der Waals surface area contributed by atoms with Crippen LogP contribution in [0, 0.1) is 0 Å². The first-order valence-electron chi connectivity index (χ1n) is 25.6. The van der Waals surface area contributed by atoms with Crippen LogP contribution in [0.15, 0.2) is 9.59 Å². The fraction of sp³-hybridized carbons (Fsp3) is 0.882. The third-order valence-electron chi connectivity index (χ3n) is 12.1. The second-order valence-electron chi connectivity index (χ2n) is 17.6. The highest BCUT2D eigenvalue weighted by atomic mass is 16.5. The number of nitrogens with one attached hydrogen (secondary N) is 2. The van der Waals surface area contributed by atoms with E-state index in [1.54, 1.807) is 7.05 Å². The molecule has 1 rings (SSSR count). The van der Waals surface area contributed by atoms with Gasteiger partial charge in [-0.15, -0.1) is 0 Å². The van der Waals surface area contributed by atoms with Gasteiger partial charge >= 0.3 is 5.97 Å². The number of ether oxygens (including phenoxy) is 1. The summed E-state index contributed by atoms with van der Waals surface area (Å²) in [4.78, 5) is 47.5. The quantitative estimate of drug-likeness (QED) is 0.0255. The average Bonchev–Trinajstić information content (AvgIpc) is 3.24. The first-order valence-corrected chi connectivity index (χ1v) is 25.6. The minimum absolute atomic E-state index is 0.0255. The van der Waals surface area contributed by atoms with E-state index in [0.717, 1.165) is 58.2 Å². The molecule has 0 saturated heterocycles. The van der Waals surface area contributed by atoms with E-state index in [-0.39, 0.29) is 18.5 Å². The zero-order valence-electron chi connectivity index (χ0n) is 39.9. The number of anilines is 2. The Labute approximate surface area is 369 Å². The van der Waals surface area contributed by atoms with E-state index >= 15 is 0 Å². The van der Waals surface area contributed by atoms with E-state index in [4.69, 9.17) is 14.6 Å². The first kappa shape index (κ1) is 57.6. The van der Waals surface area contributed by atoms with Crippen LogP contribution >= 0.6 is 0 Å². The summed E-state index contributed by atoms with van der Waals surface area (Å²) in [6.07, 6.45) is 45.2. The highest BCUT2D eigenvalue weighted by molar-refractivity contribution is 5.73. The van der Waals surface area contributed by atoms with Crippen LogP contribution in [0.1, 0.15) is 252 Å². The number of unbranched alkanes of at least 4 members (excludes halogenated alkanes) is 28. The van der Waals surface area contributed by atoms with Crippen molar-refractivity contribution >= 4 is 23.8 Å². The first-order chi connectivity index (χ1) is 29.4. The van der Waals surface area contributed by atoms with Gasteiger partial charge < -0.3 is 25.4 Å². The predicted octanol–water partition coefficient (Wildman–Crippen LogP) is 13.8. The van der Waals surface area contributed by atoms with Gasteiger partial charge in [-0.3, -0.25) is 19.2 Å². The molecule has 0 bridgehead atoms. The topological polar surface area (TPSA) is 125 Å². The van der Waals surface area contributed by atoms with Gasteiger partial charge in [-0.2, -0.15) is 0 Å². The molecule has 0 aromatic heterocycles. The van der Waals surface area contributed by atoms with Crippen LogP contribution in [0.3, 0.4) is 0 Å². The van der Waals surface area contributed by atoms with Crippen LogP contribution in [0.25, 0.3) is 0 Å². The lowest BCUT2D eigenvalue weighted by molar-refractivity contribution is -0.150. The van der Waals surface area contributed by atoms with E-state index in [1.165, 1.54) is 186 Å². The molecule has 0 spiro atoms. The van der Waals surface area contributed by atoms with Crippen LogP contribution in [-0.4, -0.2) is 61.8 Å². The van der Waals surface area contributed by atoms with E-state index < -0.39 is 10.9 Å². The maximum atomic E-state index is 12.8. The molecule has 0 radical (unpaired) electrons. The normalized spacial score (nSPS) is 11.3. The van der Waals surface area contributed by atoms with Gasteiger partial charge in [0.1, 0.15) is 17.5 Å². The fourth-order valence-electron chi connectivity index (χ4n) is 8.28. The van der Waals surface area contributed by atoms with Gasteiger partial charge in [0.2, 0.25) is 0 Å². The number of nitrogens with zero attached hydrogens (tertiary/aromatic N) is 1. The minimum Gasteiger partial charge on any atom is -0.483 e. The molecule has 9 nitrogen and oxygen atoms in total. The largest absolute Gasteiger partial charge is 0.483 e. The summed E-state index contributed by atoms with van der Waals surface area (Å²) >= 11 is 0. The fourth-order valence-corrected chi connectivity index (χ4v) is 8.28. The Morgan fingerprint density at radius 2 is 0.867 bits per heavy atom. The van der Waals surface area contributed by atoms with Gasteiger partial charge in [0.05, 0.1) is 0 Å². The standard InChI is InChI=1S/C50H95N3O4.CH2O2/c1-5-8-11-14-17-18-19-20-21-22-23-24-29-35-42-53(44-37-34-41-52-48-47(51-4)49(55)50(48)56)43-36-30-25-28-33-40-46(54)57-45(38-31-26-15-12-9-6-2)39-32-27-16-13-10-7-3;2-1-3/h45,51-52H,5-44H2,1-4H3;1H,(H,2,3). The smallest absolute Gasteiger partial charge is 0.306 e. The molecule has 3 N–H and O–H groups in total. The van der Waals surface area contributed by atoms with Gasteiger partial charge in [0.15, 0.2) is 0 Å². The highest BCUT2D eigenvalue weighted by Crippen LogP contribution is 2.19. The van der Waals surface area contributed by atoms with Crippen molar-refractivity contribution in [2.45, 2.75) is 258 Å². The molecule has 0 aliphatic heterocycles. The van der Waals surface area contributed by atoms with E-state index in [9.17, 15) is 14.4 Å². The van der Waals surface area contributed by atoms with Crippen LogP contribution < -0.4 is 21.5 Å². The third-order valence-corrected chi connectivity index (χ3v) is 12.1. The zero-order valence-corrected chi connectivity index (χ0v) is 39.9. The Balaban J connectivity index is 0.0000112. The number of carboxylic acid groups (broad SMARTS) is 1. The second kappa shape index (κ2) is 44.6. The van der Waals surface area contributed by atoms with Crippen molar-refractivity contribution in [3.63, 3.8) is 0 Å². The van der Waals surface area contributed by atoms with Gasteiger partial charge in [-0.1, -0.05) is 188 Å². The maximum absolute atomic E-state index is 12.8. The van der Waals surface area contributed by atoms with Crippen molar-refractivity contribution in [2.24, 2.45) is 0 Å².